The van der Waals surface area contributed by atoms with Gasteiger partial charge in [-0.1, -0.05) is 71.0 Å². The third kappa shape index (κ3) is 7.89. The van der Waals surface area contributed by atoms with E-state index in [2.05, 4.69) is 50.4 Å². The number of benzene rings is 2. The predicted octanol–water partition coefficient (Wildman–Crippen LogP) is 5.65. The Morgan fingerprint density at radius 2 is 1.68 bits per heavy atom. The summed E-state index contributed by atoms with van der Waals surface area (Å²) in [4.78, 5) is 28.3. The molecule has 0 aliphatic carbocycles. The van der Waals surface area contributed by atoms with Crippen LogP contribution in [0.25, 0.3) is 0 Å². The molecule has 2 aromatic rings. The van der Waals surface area contributed by atoms with E-state index in [1.165, 1.54) is 5.56 Å². The van der Waals surface area contributed by atoms with Gasteiger partial charge in [0.1, 0.15) is 11.8 Å². The SMILES string of the molecule is CC[C@H](C)NC(=O)[C@H](CC)N(Cc1cccc(OC)c1)C(=O)CCc1ccc(C(C)(C)C)cc1. The van der Waals surface area contributed by atoms with E-state index in [9.17, 15) is 9.59 Å². The van der Waals surface area contributed by atoms with E-state index in [0.29, 0.717) is 25.8 Å². The lowest BCUT2D eigenvalue weighted by Gasteiger charge is -2.31. The van der Waals surface area contributed by atoms with Crippen molar-refractivity contribution in [3.8, 4) is 5.75 Å². The number of ether oxygens (including phenoxy) is 1. The van der Waals surface area contributed by atoms with E-state index < -0.39 is 6.04 Å². The lowest BCUT2D eigenvalue weighted by Crippen LogP contribution is -2.50. The van der Waals surface area contributed by atoms with Crippen LogP contribution in [-0.4, -0.2) is 35.9 Å². The molecule has 5 nitrogen and oxygen atoms in total. The van der Waals surface area contributed by atoms with Gasteiger partial charge < -0.3 is 15.0 Å². The van der Waals surface area contributed by atoms with E-state index >= 15 is 0 Å². The molecule has 0 bridgehead atoms. The topological polar surface area (TPSA) is 58.6 Å². The van der Waals surface area contributed by atoms with Crippen molar-refractivity contribution in [2.45, 2.75) is 91.3 Å². The quantitative estimate of drug-likeness (QED) is 0.466. The van der Waals surface area contributed by atoms with Crippen molar-refractivity contribution in [3.63, 3.8) is 0 Å². The zero-order chi connectivity index (χ0) is 25.3. The molecule has 2 atom stereocenters. The van der Waals surface area contributed by atoms with Crippen LogP contribution in [0.1, 0.15) is 77.5 Å². The van der Waals surface area contributed by atoms with Crippen molar-refractivity contribution < 1.29 is 14.3 Å². The van der Waals surface area contributed by atoms with Crippen molar-refractivity contribution in [3.05, 3.63) is 65.2 Å². The fraction of sp³-hybridized carbons (Fsp3) is 0.517. The average molecular weight is 467 g/mol. The normalized spacial score (nSPS) is 13.1. The Labute approximate surface area is 205 Å². The maximum Gasteiger partial charge on any atom is 0.243 e. The molecule has 0 unspecified atom stereocenters. The summed E-state index contributed by atoms with van der Waals surface area (Å²) in [7, 11) is 1.63. The lowest BCUT2D eigenvalue weighted by atomic mass is 9.86. The third-order valence-electron chi connectivity index (χ3n) is 6.32. The van der Waals surface area contributed by atoms with Crippen molar-refractivity contribution in [1.82, 2.24) is 10.2 Å². The van der Waals surface area contributed by atoms with Crippen LogP contribution in [0.3, 0.4) is 0 Å². The number of hydrogen-bond acceptors (Lipinski definition) is 3. The molecular weight excluding hydrogens is 424 g/mol. The molecule has 2 amide bonds. The first-order valence-corrected chi connectivity index (χ1v) is 12.4. The lowest BCUT2D eigenvalue weighted by molar-refractivity contribution is -0.141. The van der Waals surface area contributed by atoms with Gasteiger partial charge in [0.25, 0.3) is 0 Å². The smallest absolute Gasteiger partial charge is 0.243 e. The molecule has 0 aromatic heterocycles. The third-order valence-corrected chi connectivity index (χ3v) is 6.32. The first kappa shape index (κ1) is 27.4. The van der Waals surface area contributed by atoms with Crippen molar-refractivity contribution >= 4 is 11.8 Å². The van der Waals surface area contributed by atoms with E-state index in [0.717, 1.165) is 23.3 Å². The second-order valence-corrected chi connectivity index (χ2v) is 10.1. The van der Waals surface area contributed by atoms with Gasteiger partial charge in [-0.2, -0.15) is 0 Å². The summed E-state index contributed by atoms with van der Waals surface area (Å²) in [5.74, 6) is 0.623. The van der Waals surface area contributed by atoms with Gasteiger partial charge in [-0.25, -0.2) is 0 Å². The standard InChI is InChI=1S/C29H42N2O3/c1-8-21(3)30-28(33)26(9-2)31(20-23-11-10-12-25(19-23)34-7)27(32)18-15-22-13-16-24(17-14-22)29(4,5)6/h10-14,16-17,19,21,26H,8-9,15,18,20H2,1-7H3,(H,30,33)/t21-,26-/m0/s1. The number of nitrogens with zero attached hydrogens (tertiary/aromatic N) is 1. The fourth-order valence-corrected chi connectivity index (χ4v) is 3.89. The van der Waals surface area contributed by atoms with E-state index in [-0.39, 0.29) is 23.3 Å². The highest BCUT2D eigenvalue weighted by Gasteiger charge is 2.29. The molecule has 0 fully saturated rings. The summed E-state index contributed by atoms with van der Waals surface area (Å²) in [6.07, 6.45) is 2.39. The molecule has 2 rings (SSSR count). The van der Waals surface area contributed by atoms with Crippen LogP contribution < -0.4 is 10.1 Å². The molecule has 0 saturated carbocycles. The van der Waals surface area contributed by atoms with Crippen molar-refractivity contribution in [1.29, 1.82) is 0 Å². The Bertz CT molecular complexity index is 931. The van der Waals surface area contributed by atoms with Gasteiger partial charge in [0.15, 0.2) is 0 Å². The number of methoxy groups -OCH3 is 1. The summed E-state index contributed by atoms with van der Waals surface area (Å²) in [6.45, 7) is 12.9. The highest BCUT2D eigenvalue weighted by molar-refractivity contribution is 5.88. The molecule has 0 saturated heterocycles. The van der Waals surface area contributed by atoms with Crippen LogP contribution in [0.15, 0.2) is 48.5 Å². The van der Waals surface area contributed by atoms with Gasteiger partial charge in [-0.05, 0) is 60.4 Å². The first-order valence-electron chi connectivity index (χ1n) is 12.4. The molecule has 0 heterocycles. The molecular formula is C29H42N2O3. The molecule has 0 spiro atoms. The zero-order valence-corrected chi connectivity index (χ0v) is 22.0. The number of nitrogens with one attached hydrogen (secondary N) is 1. The molecule has 0 aliphatic heterocycles. The van der Waals surface area contributed by atoms with Gasteiger partial charge >= 0.3 is 0 Å². The zero-order valence-electron chi connectivity index (χ0n) is 22.0. The minimum absolute atomic E-state index is 0.0196. The highest BCUT2D eigenvalue weighted by atomic mass is 16.5. The maximum atomic E-state index is 13.5. The molecule has 34 heavy (non-hydrogen) atoms. The average Bonchev–Trinajstić information content (AvgIpc) is 2.82. The van der Waals surface area contributed by atoms with Gasteiger partial charge in [-0.3, -0.25) is 9.59 Å². The van der Waals surface area contributed by atoms with Gasteiger partial charge in [0, 0.05) is 19.0 Å². The fourth-order valence-electron chi connectivity index (χ4n) is 3.89. The van der Waals surface area contributed by atoms with Crippen LogP contribution in [0.2, 0.25) is 0 Å². The van der Waals surface area contributed by atoms with Crippen molar-refractivity contribution in [2.24, 2.45) is 0 Å². The second-order valence-electron chi connectivity index (χ2n) is 10.1. The summed E-state index contributed by atoms with van der Waals surface area (Å²) < 4.78 is 5.35. The minimum Gasteiger partial charge on any atom is -0.497 e. The molecule has 1 N–H and O–H groups in total. The predicted molar refractivity (Wildman–Crippen MR) is 139 cm³/mol. The van der Waals surface area contributed by atoms with Gasteiger partial charge in [-0.15, -0.1) is 0 Å². The summed E-state index contributed by atoms with van der Waals surface area (Å²) in [5.41, 5.74) is 3.44. The van der Waals surface area contributed by atoms with E-state index in [4.69, 9.17) is 4.74 Å². The Morgan fingerprint density at radius 3 is 2.24 bits per heavy atom. The second kappa shape index (κ2) is 12.6. The molecule has 2 aromatic carbocycles. The minimum atomic E-state index is -0.518. The first-order chi connectivity index (χ1) is 16.1. The molecule has 0 radical (unpaired) electrons. The van der Waals surface area contributed by atoms with Gasteiger partial charge in [0.05, 0.1) is 7.11 Å². The van der Waals surface area contributed by atoms with Crippen LogP contribution in [-0.2, 0) is 28.0 Å². The van der Waals surface area contributed by atoms with Crippen LogP contribution in [0, 0.1) is 0 Å². The Balaban J connectivity index is 2.22. The molecule has 5 heteroatoms. The van der Waals surface area contributed by atoms with Crippen LogP contribution in [0.5, 0.6) is 5.75 Å². The number of carbonyl (C=O) groups is 2. The Hall–Kier alpha value is -2.82. The summed E-state index contributed by atoms with van der Waals surface area (Å²) in [5, 5.41) is 3.06. The Morgan fingerprint density at radius 1 is 1.00 bits per heavy atom. The maximum absolute atomic E-state index is 13.5. The molecule has 0 aliphatic rings. The van der Waals surface area contributed by atoms with Gasteiger partial charge in [0.2, 0.25) is 11.8 Å². The monoisotopic (exact) mass is 466 g/mol. The Kier molecular flexibility index (Phi) is 10.2. The number of carbonyl (C=O) groups excluding carboxylic acids is 2. The highest BCUT2D eigenvalue weighted by Crippen LogP contribution is 2.23. The number of amides is 2. The number of rotatable bonds is 11. The number of aryl methyl sites for hydroxylation is 1. The van der Waals surface area contributed by atoms with Crippen LogP contribution in [0.4, 0.5) is 0 Å². The summed E-state index contributed by atoms with van der Waals surface area (Å²) >= 11 is 0. The van der Waals surface area contributed by atoms with Crippen molar-refractivity contribution in [2.75, 3.05) is 7.11 Å². The van der Waals surface area contributed by atoms with E-state index in [1.807, 2.05) is 45.0 Å². The number of hydrogen-bond donors (Lipinski definition) is 1. The van der Waals surface area contributed by atoms with E-state index in [1.54, 1.807) is 12.0 Å². The van der Waals surface area contributed by atoms with Crippen LogP contribution >= 0.6 is 0 Å². The summed E-state index contributed by atoms with van der Waals surface area (Å²) in [6, 6.07) is 15.7. The molecule has 186 valence electrons. The largest absolute Gasteiger partial charge is 0.497 e.